The van der Waals surface area contributed by atoms with Gasteiger partial charge in [0.25, 0.3) is 0 Å². The van der Waals surface area contributed by atoms with E-state index in [2.05, 4.69) is 20.6 Å². The van der Waals surface area contributed by atoms with Gasteiger partial charge in [-0.3, -0.25) is 10.1 Å². The van der Waals surface area contributed by atoms with Crippen molar-refractivity contribution in [2.75, 3.05) is 10.6 Å². The molecule has 7 heteroatoms. The minimum atomic E-state index is -0.461. The summed E-state index contributed by atoms with van der Waals surface area (Å²) in [6.45, 7) is 3.96. The Bertz CT molecular complexity index is 931. The molecule has 1 unspecified atom stereocenters. The molecule has 0 saturated heterocycles. The van der Waals surface area contributed by atoms with Gasteiger partial charge in [0.1, 0.15) is 6.33 Å². The van der Waals surface area contributed by atoms with E-state index in [1.165, 1.54) is 6.33 Å². The van der Waals surface area contributed by atoms with Crippen LogP contribution in [-0.2, 0) is 6.42 Å². The van der Waals surface area contributed by atoms with E-state index >= 15 is 0 Å². The summed E-state index contributed by atoms with van der Waals surface area (Å²) in [4.78, 5) is 19.5. The molecule has 3 rings (SSSR count). The molecule has 3 aromatic rings. The lowest BCUT2D eigenvalue weighted by Crippen LogP contribution is -2.12. The van der Waals surface area contributed by atoms with Crippen molar-refractivity contribution in [3.8, 4) is 0 Å². The number of nitro groups is 1. The van der Waals surface area contributed by atoms with Gasteiger partial charge in [0.2, 0.25) is 11.6 Å². The largest absolute Gasteiger partial charge is 0.358 e. The minimum absolute atomic E-state index is 0.143. The molecular formula is C20H21N5O2. The van der Waals surface area contributed by atoms with Crippen LogP contribution in [0.1, 0.15) is 31.0 Å². The van der Waals surface area contributed by atoms with Gasteiger partial charge in [-0.15, -0.1) is 0 Å². The molecule has 0 fully saturated rings. The first-order valence-corrected chi connectivity index (χ1v) is 8.76. The quantitative estimate of drug-likeness (QED) is 0.460. The lowest BCUT2D eigenvalue weighted by molar-refractivity contribution is -0.383. The molecule has 0 spiro atoms. The van der Waals surface area contributed by atoms with Gasteiger partial charge in [-0.2, -0.15) is 0 Å². The Balaban J connectivity index is 1.94. The Labute approximate surface area is 157 Å². The Kier molecular flexibility index (Phi) is 5.61. The first kappa shape index (κ1) is 18.3. The molecule has 27 heavy (non-hydrogen) atoms. The van der Waals surface area contributed by atoms with Crippen LogP contribution in [0.4, 0.5) is 23.0 Å². The normalized spacial score (nSPS) is 11.6. The summed E-state index contributed by atoms with van der Waals surface area (Å²) in [5, 5.41) is 18.0. The number of anilines is 3. The molecule has 0 aliphatic rings. The van der Waals surface area contributed by atoms with Crippen molar-refractivity contribution < 1.29 is 4.92 Å². The zero-order chi connectivity index (χ0) is 19.2. The third kappa shape index (κ3) is 4.20. The molecule has 0 radical (unpaired) electrons. The predicted molar refractivity (Wildman–Crippen MR) is 106 cm³/mol. The van der Waals surface area contributed by atoms with Crippen LogP contribution in [0, 0.1) is 10.1 Å². The number of rotatable bonds is 7. The number of nitrogens with zero attached hydrogens (tertiary/aromatic N) is 3. The number of aromatic nitrogens is 2. The Morgan fingerprint density at radius 2 is 1.70 bits per heavy atom. The van der Waals surface area contributed by atoms with E-state index in [1.54, 1.807) is 0 Å². The van der Waals surface area contributed by atoms with Crippen LogP contribution in [0.3, 0.4) is 0 Å². The van der Waals surface area contributed by atoms with Gasteiger partial charge in [-0.1, -0.05) is 55.5 Å². The molecule has 0 bridgehead atoms. The van der Waals surface area contributed by atoms with E-state index in [4.69, 9.17) is 0 Å². The SMILES string of the molecule is CCc1ccccc1Nc1ncnc(NC(C)c2ccccc2)c1[N+](=O)[O-]. The zero-order valence-corrected chi connectivity index (χ0v) is 15.2. The van der Waals surface area contributed by atoms with E-state index in [-0.39, 0.29) is 23.4 Å². The molecule has 0 aliphatic heterocycles. The van der Waals surface area contributed by atoms with Crippen molar-refractivity contribution in [3.63, 3.8) is 0 Å². The van der Waals surface area contributed by atoms with E-state index in [1.807, 2.05) is 68.4 Å². The number of para-hydroxylation sites is 1. The standard InChI is InChI=1S/C20H21N5O2/c1-3-15-9-7-8-12-17(15)24-20-18(25(26)27)19(21-13-22-20)23-14(2)16-10-5-4-6-11-16/h4-14H,3H2,1-2H3,(H2,21,22,23,24). The smallest absolute Gasteiger partial charge is 0.353 e. The second kappa shape index (κ2) is 8.27. The molecule has 138 valence electrons. The summed E-state index contributed by atoms with van der Waals surface area (Å²) in [5.41, 5.74) is 2.68. The van der Waals surface area contributed by atoms with Crippen LogP contribution in [-0.4, -0.2) is 14.9 Å². The maximum Gasteiger partial charge on any atom is 0.353 e. The highest BCUT2D eigenvalue weighted by atomic mass is 16.6. The monoisotopic (exact) mass is 363 g/mol. The summed E-state index contributed by atoms with van der Waals surface area (Å²) in [5.74, 6) is 0.349. The maximum absolute atomic E-state index is 11.8. The van der Waals surface area contributed by atoms with Crippen LogP contribution < -0.4 is 10.6 Å². The second-order valence-electron chi connectivity index (χ2n) is 6.09. The first-order valence-electron chi connectivity index (χ1n) is 8.76. The van der Waals surface area contributed by atoms with Gasteiger partial charge in [0.15, 0.2) is 0 Å². The summed E-state index contributed by atoms with van der Waals surface area (Å²) in [6, 6.07) is 17.2. The fraction of sp³-hybridized carbons (Fsp3) is 0.200. The molecule has 1 heterocycles. The van der Waals surface area contributed by atoms with Gasteiger partial charge >= 0.3 is 5.69 Å². The van der Waals surface area contributed by atoms with E-state index in [0.29, 0.717) is 0 Å². The summed E-state index contributed by atoms with van der Waals surface area (Å²) < 4.78 is 0. The highest BCUT2D eigenvalue weighted by Crippen LogP contribution is 2.33. The molecule has 2 aromatic carbocycles. The van der Waals surface area contributed by atoms with Gasteiger partial charge in [-0.25, -0.2) is 9.97 Å². The molecule has 1 aromatic heterocycles. The number of benzene rings is 2. The minimum Gasteiger partial charge on any atom is -0.358 e. The number of hydrogen-bond donors (Lipinski definition) is 2. The fourth-order valence-corrected chi connectivity index (χ4v) is 2.86. The average molecular weight is 363 g/mol. The Morgan fingerprint density at radius 1 is 1.04 bits per heavy atom. The third-order valence-corrected chi connectivity index (χ3v) is 4.31. The van der Waals surface area contributed by atoms with Crippen molar-refractivity contribution in [2.45, 2.75) is 26.3 Å². The predicted octanol–water partition coefficient (Wildman–Crippen LogP) is 4.86. The highest BCUT2D eigenvalue weighted by molar-refractivity contribution is 5.75. The summed E-state index contributed by atoms with van der Waals surface area (Å²) in [7, 11) is 0. The van der Waals surface area contributed by atoms with E-state index in [9.17, 15) is 10.1 Å². The molecule has 7 nitrogen and oxygen atoms in total. The zero-order valence-electron chi connectivity index (χ0n) is 15.2. The topological polar surface area (TPSA) is 93.0 Å². The third-order valence-electron chi connectivity index (χ3n) is 4.31. The lowest BCUT2D eigenvalue weighted by atomic mass is 10.1. The molecule has 0 amide bonds. The first-order chi connectivity index (χ1) is 13.1. The number of aryl methyl sites for hydroxylation is 1. The van der Waals surface area contributed by atoms with Crippen molar-refractivity contribution >= 4 is 23.0 Å². The molecule has 0 aliphatic carbocycles. The number of hydrogen-bond acceptors (Lipinski definition) is 6. The molecular weight excluding hydrogens is 342 g/mol. The van der Waals surface area contributed by atoms with Crippen LogP contribution in [0.2, 0.25) is 0 Å². The van der Waals surface area contributed by atoms with Crippen LogP contribution in [0.25, 0.3) is 0 Å². The Hall–Kier alpha value is -3.48. The highest BCUT2D eigenvalue weighted by Gasteiger charge is 2.24. The maximum atomic E-state index is 11.8. The van der Waals surface area contributed by atoms with Crippen LogP contribution in [0.15, 0.2) is 60.9 Å². The average Bonchev–Trinajstić information content (AvgIpc) is 2.69. The van der Waals surface area contributed by atoms with Crippen LogP contribution >= 0.6 is 0 Å². The molecule has 1 atom stereocenters. The van der Waals surface area contributed by atoms with Gasteiger partial charge in [0.05, 0.1) is 11.0 Å². The van der Waals surface area contributed by atoms with E-state index < -0.39 is 4.92 Å². The van der Waals surface area contributed by atoms with Gasteiger partial charge in [0, 0.05) is 5.69 Å². The van der Waals surface area contributed by atoms with Gasteiger partial charge < -0.3 is 10.6 Å². The van der Waals surface area contributed by atoms with Gasteiger partial charge in [-0.05, 0) is 30.5 Å². The van der Waals surface area contributed by atoms with Crippen molar-refractivity contribution in [1.82, 2.24) is 9.97 Å². The summed E-state index contributed by atoms with van der Waals surface area (Å²) in [6.07, 6.45) is 2.13. The van der Waals surface area contributed by atoms with Crippen molar-refractivity contribution in [3.05, 3.63) is 82.2 Å². The lowest BCUT2D eigenvalue weighted by Gasteiger charge is -2.16. The fourth-order valence-electron chi connectivity index (χ4n) is 2.86. The van der Waals surface area contributed by atoms with Crippen molar-refractivity contribution in [1.29, 1.82) is 0 Å². The summed E-state index contributed by atoms with van der Waals surface area (Å²) >= 11 is 0. The van der Waals surface area contributed by atoms with Crippen molar-refractivity contribution in [2.24, 2.45) is 0 Å². The molecule has 0 saturated carbocycles. The van der Waals surface area contributed by atoms with Crippen LogP contribution in [0.5, 0.6) is 0 Å². The Morgan fingerprint density at radius 3 is 2.41 bits per heavy atom. The second-order valence-corrected chi connectivity index (χ2v) is 6.09. The molecule has 2 N–H and O–H groups in total. The van der Waals surface area contributed by atoms with E-state index in [0.717, 1.165) is 23.2 Å². The number of nitrogens with one attached hydrogen (secondary N) is 2.